The Morgan fingerprint density at radius 3 is 2.59 bits per heavy atom. The van der Waals surface area contributed by atoms with Crippen molar-refractivity contribution in [3.8, 4) is 0 Å². The molecule has 96 valence electrons. The number of anilines is 1. The molecular weight excluding hydrogens is 246 g/mol. The standard InChI is InChI=1S/C8H15N5O3S/c1-5(8(14)13(2)3)12-17(15,16)6-4-10-11-7(6)9/h4-5,12H,1-3H3,(H3,9,10,11). The second kappa shape index (κ2) is 4.72. The lowest BCUT2D eigenvalue weighted by atomic mass is 10.3. The Morgan fingerprint density at radius 1 is 1.59 bits per heavy atom. The van der Waals surface area contributed by atoms with E-state index in [0.29, 0.717) is 0 Å². The van der Waals surface area contributed by atoms with Crippen LogP contribution in [0, 0.1) is 0 Å². The van der Waals surface area contributed by atoms with Gasteiger partial charge < -0.3 is 10.6 Å². The summed E-state index contributed by atoms with van der Waals surface area (Å²) in [6, 6.07) is -0.871. The highest BCUT2D eigenvalue weighted by molar-refractivity contribution is 7.89. The van der Waals surface area contributed by atoms with Gasteiger partial charge in [-0.1, -0.05) is 0 Å². The zero-order chi connectivity index (χ0) is 13.2. The number of aromatic amines is 1. The van der Waals surface area contributed by atoms with Crippen molar-refractivity contribution in [2.45, 2.75) is 17.9 Å². The minimum Gasteiger partial charge on any atom is -0.383 e. The number of carbonyl (C=O) groups is 1. The van der Waals surface area contributed by atoms with E-state index in [1.165, 1.54) is 11.8 Å². The maximum Gasteiger partial charge on any atom is 0.246 e. The van der Waals surface area contributed by atoms with Crippen LogP contribution in [0.4, 0.5) is 5.82 Å². The van der Waals surface area contributed by atoms with E-state index < -0.39 is 16.1 Å². The Balaban J connectivity index is 2.89. The molecule has 4 N–H and O–H groups in total. The smallest absolute Gasteiger partial charge is 0.246 e. The van der Waals surface area contributed by atoms with Gasteiger partial charge in [-0.3, -0.25) is 9.89 Å². The third-order valence-corrected chi connectivity index (χ3v) is 3.63. The van der Waals surface area contributed by atoms with Gasteiger partial charge in [-0.2, -0.15) is 9.82 Å². The molecule has 0 aliphatic heterocycles. The van der Waals surface area contributed by atoms with E-state index in [9.17, 15) is 13.2 Å². The molecule has 0 saturated carbocycles. The molecule has 1 aromatic rings. The number of amides is 1. The number of H-pyrrole nitrogens is 1. The number of nitrogens with two attached hydrogens (primary N) is 1. The van der Waals surface area contributed by atoms with Crippen molar-refractivity contribution in [1.29, 1.82) is 0 Å². The van der Waals surface area contributed by atoms with Crippen molar-refractivity contribution in [3.63, 3.8) is 0 Å². The van der Waals surface area contributed by atoms with Crippen LogP contribution in [0.15, 0.2) is 11.1 Å². The first-order valence-corrected chi connectivity index (χ1v) is 6.26. The molecule has 9 heteroatoms. The highest BCUT2D eigenvalue weighted by Gasteiger charge is 2.25. The Hall–Kier alpha value is -1.61. The molecule has 1 aromatic heterocycles. The molecular formula is C8H15N5O3S. The van der Waals surface area contributed by atoms with Gasteiger partial charge in [0.15, 0.2) is 0 Å². The topological polar surface area (TPSA) is 121 Å². The normalized spacial score (nSPS) is 13.4. The van der Waals surface area contributed by atoms with Gasteiger partial charge in [-0.15, -0.1) is 0 Å². The van der Waals surface area contributed by atoms with Gasteiger partial charge in [0.05, 0.1) is 12.2 Å². The number of nitrogens with one attached hydrogen (secondary N) is 2. The molecule has 0 aromatic carbocycles. The predicted octanol–water partition coefficient (Wildman–Crippen LogP) is -1.25. The minimum atomic E-state index is -3.84. The zero-order valence-electron chi connectivity index (χ0n) is 9.76. The molecule has 0 bridgehead atoms. The number of hydrogen-bond acceptors (Lipinski definition) is 5. The summed E-state index contributed by atoms with van der Waals surface area (Å²) in [6.07, 6.45) is 1.09. The van der Waals surface area contributed by atoms with Gasteiger partial charge in [-0.05, 0) is 6.92 Å². The Morgan fingerprint density at radius 2 is 2.18 bits per heavy atom. The second-order valence-corrected chi connectivity index (χ2v) is 5.41. The minimum absolute atomic E-state index is 0.0676. The van der Waals surface area contributed by atoms with Crippen LogP contribution >= 0.6 is 0 Å². The average molecular weight is 261 g/mol. The predicted molar refractivity (Wildman–Crippen MR) is 61.5 cm³/mol. The number of hydrogen-bond donors (Lipinski definition) is 3. The quantitative estimate of drug-likeness (QED) is 0.625. The Kier molecular flexibility index (Phi) is 3.73. The zero-order valence-corrected chi connectivity index (χ0v) is 10.6. The fourth-order valence-electron chi connectivity index (χ4n) is 1.23. The lowest BCUT2D eigenvalue weighted by Crippen LogP contribution is -2.44. The third kappa shape index (κ3) is 2.94. The van der Waals surface area contributed by atoms with Gasteiger partial charge in [0.2, 0.25) is 15.9 Å². The maximum atomic E-state index is 11.8. The molecule has 1 heterocycles. The summed E-state index contributed by atoms with van der Waals surface area (Å²) in [7, 11) is -0.760. The van der Waals surface area contributed by atoms with E-state index >= 15 is 0 Å². The van der Waals surface area contributed by atoms with Crippen molar-refractivity contribution in [1.82, 2.24) is 19.8 Å². The highest BCUT2D eigenvalue weighted by atomic mass is 32.2. The Labute approximate surface area is 99.2 Å². The molecule has 0 spiro atoms. The number of likely N-dealkylation sites (N-methyl/N-ethyl adjacent to an activating group) is 1. The van der Waals surface area contributed by atoms with Gasteiger partial charge >= 0.3 is 0 Å². The summed E-state index contributed by atoms with van der Waals surface area (Å²) in [5.41, 5.74) is 5.41. The molecule has 0 radical (unpaired) electrons. The largest absolute Gasteiger partial charge is 0.383 e. The van der Waals surface area contributed by atoms with Crippen LogP contribution < -0.4 is 10.5 Å². The lowest BCUT2D eigenvalue weighted by Gasteiger charge is -2.17. The summed E-state index contributed by atoms with van der Waals surface area (Å²) in [5.74, 6) is -0.419. The van der Waals surface area contributed by atoms with Crippen LogP contribution in [-0.4, -0.2) is 49.6 Å². The first-order valence-electron chi connectivity index (χ1n) is 4.78. The van der Waals surface area contributed by atoms with Gasteiger partial charge in [0, 0.05) is 14.1 Å². The number of sulfonamides is 1. The molecule has 17 heavy (non-hydrogen) atoms. The van der Waals surface area contributed by atoms with Crippen LogP contribution in [-0.2, 0) is 14.8 Å². The third-order valence-electron chi connectivity index (χ3n) is 2.06. The van der Waals surface area contributed by atoms with Gasteiger partial charge in [0.1, 0.15) is 10.7 Å². The van der Waals surface area contributed by atoms with Crippen molar-refractivity contribution in [2.75, 3.05) is 19.8 Å². The summed E-state index contributed by atoms with van der Waals surface area (Å²) in [5, 5.41) is 5.82. The van der Waals surface area contributed by atoms with Gasteiger partial charge in [-0.25, -0.2) is 8.42 Å². The molecule has 0 aliphatic rings. The number of aromatic nitrogens is 2. The van der Waals surface area contributed by atoms with Crippen molar-refractivity contribution >= 4 is 21.7 Å². The number of nitrogen functional groups attached to an aromatic ring is 1. The van der Waals surface area contributed by atoms with E-state index in [-0.39, 0.29) is 16.6 Å². The van der Waals surface area contributed by atoms with E-state index in [0.717, 1.165) is 6.20 Å². The van der Waals surface area contributed by atoms with Crippen LogP contribution in [0.25, 0.3) is 0 Å². The van der Waals surface area contributed by atoms with Crippen molar-refractivity contribution < 1.29 is 13.2 Å². The van der Waals surface area contributed by atoms with E-state index in [1.807, 2.05) is 0 Å². The molecule has 1 rings (SSSR count). The first-order chi connectivity index (χ1) is 7.75. The fourth-order valence-corrected chi connectivity index (χ4v) is 2.45. The van der Waals surface area contributed by atoms with Crippen LogP contribution in [0.1, 0.15) is 6.92 Å². The van der Waals surface area contributed by atoms with Gasteiger partial charge in [0.25, 0.3) is 0 Å². The van der Waals surface area contributed by atoms with Crippen LogP contribution in [0.5, 0.6) is 0 Å². The number of nitrogens with zero attached hydrogens (tertiary/aromatic N) is 2. The molecule has 0 aliphatic carbocycles. The monoisotopic (exact) mass is 261 g/mol. The lowest BCUT2D eigenvalue weighted by molar-refractivity contribution is -0.130. The summed E-state index contributed by atoms with van der Waals surface area (Å²) >= 11 is 0. The molecule has 1 atom stereocenters. The number of carbonyl (C=O) groups excluding carboxylic acids is 1. The molecule has 0 fully saturated rings. The highest BCUT2D eigenvalue weighted by Crippen LogP contribution is 2.14. The SMILES string of the molecule is CC(NS(=O)(=O)c1cn[nH]c1N)C(=O)N(C)C. The average Bonchev–Trinajstić information content (AvgIpc) is 2.63. The van der Waals surface area contributed by atoms with E-state index in [2.05, 4.69) is 14.9 Å². The fraction of sp³-hybridized carbons (Fsp3) is 0.500. The van der Waals surface area contributed by atoms with Crippen LogP contribution in [0.3, 0.4) is 0 Å². The van der Waals surface area contributed by atoms with Crippen LogP contribution in [0.2, 0.25) is 0 Å². The molecule has 8 nitrogen and oxygen atoms in total. The first kappa shape index (κ1) is 13.5. The molecule has 1 unspecified atom stereocenters. The maximum absolute atomic E-state index is 11.8. The second-order valence-electron chi connectivity index (χ2n) is 3.72. The van der Waals surface area contributed by atoms with Crippen molar-refractivity contribution in [2.24, 2.45) is 0 Å². The summed E-state index contributed by atoms with van der Waals surface area (Å²) in [4.78, 5) is 12.6. The summed E-state index contributed by atoms with van der Waals surface area (Å²) < 4.78 is 25.9. The molecule has 1 amide bonds. The molecule has 0 saturated heterocycles. The van der Waals surface area contributed by atoms with Crippen molar-refractivity contribution in [3.05, 3.63) is 6.20 Å². The Bertz CT molecular complexity index is 507. The van der Waals surface area contributed by atoms with E-state index in [1.54, 1.807) is 14.1 Å². The summed E-state index contributed by atoms with van der Waals surface area (Å²) in [6.45, 7) is 1.45. The van der Waals surface area contributed by atoms with E-state index in [4.69, 9.17) is 5.73 Å². The number of rotatable bonds is 4.